The van der Waals surface area contributed by atoms with Gasteiger partial charge in [-0.05, 0) is 60.7 Å². The third-order valence-corrected chi connectivity index (χ3v) is 4.22. The fourth-order valence-corrected chi connectivity index (χ4v) is 2.41. The monoisotopic (exact) mass is 352 g/mol. The molecule has 26 heavy (non-hydrogen) atoms. The summed E-state index contributed by atoms with van der Waals surface area (Å²) >= 11 is 0. The molecule has 4 nitrogen and oxygen atoms in total. The van der Waals surface area contributed by atoms with Gasteiger partial charge in [0.15, 0.2) is 0 Å². The van der Waals surface area contributed by atoms with Crippen molar-refractivity contribution in [2.24, 2.45) is 0 Å². The van der Waals surface area contributed by atoms with E-state index in [1.165, 1.54) is 12.1 Å². The maximum atomic E-state index is 13.5. The summed E-state index contributed by atoms with van der Waals surface area (Å²) in [7, 11) is 0. The molecule has 0 heterocycles. The van der Waals surface area contributed by atoms with Crippen LogP contribution in [0.25, 0.3) is 6.08 Å². The molecule has 2 N–H and O–H groups in total. The Hall–Kier alpha value is -2.95. The molecule has 0 aromatic heterocycles. The Bertz CT molecular complexity index is 840. The lowest BCUT2D eigenvalue weighted by atomic mass is 10.1. The lowest BCUT2D eigenvalue weighted by molar-refractivity contribution is -0.116. The SMILES string of the molecule is Cc1ccc(CNC(=O)/C=C/c2ccc(C(=O)NC3CC3)cc2)cc1F. The first kappa shape index (κ1) is 17.9. The predicted molar refractivity (Wildman–Crippen MR) is 98.9 cm³/mol. The third-order valence-electron chi connectivity index (χ3n) is 4.22. The van der Waals surface area contributed by atoms with Crippen LogP contribution >= 0.6 is 0 Å². The minimum absolute atomic E-state index is 0.0638. The molecule has 3 rings (SSSR count). The van der Waals surface area contributed by atoms with Crippen molar-refractivity contribution in [1.29, 1.82) is 0 Å². The fourth-order valence-electron chi connectivity index (χ4n) is 2.41. The van der Waals surface area contributed by atoms with Gasteiger partial charge in [0.25, 0.3) is 5.91 Å². The Morgan fingerprint density at radius 2 is 1.88 bits per heavy atom. The lowest BCUT2D eigenvalue weighted by Crippen LogP contribution is -2.25. The molecule has 134 valence electrons. The number of amides is 2. The predicted octanol–water partition coefficient (Wildman–Crippen LogP) is 3.36. The molecule has 0 spiro atoms. The number of carbonyl (C=O) groups excluding carboxylic acids is 2. The van der Waals surface area contributed by atoms with Gasteiger partial charge in [-0.3, -0.25) is 9.59 Å². The Labute approximate surface area is 152 Å². The topological polar surface area (TPSA) is 58.2 Å². The highest BCUT2D eigenvalue weighted by atomic mass is 19.1. The first-order chi connectivity index (χ1) is 12.5. The highest BCUT2D eigenvalue weighted by Gasteiger charge is 2.23. The average molecular weight is 352 g/mol. The maximum absolute atomic E-state index is 13.5. The standard InChI is InChI=1S/C21H21FN2O2/c1-14-2-3-16(12-19(14)22)13-23-20(25)11-6-15-4-7-17(8-5-15)21(26)24-18-9-10-18/h2-8,11-12,18H,9-10,13H2,1H3,(H,23,25)(H,24,26)/b11-6+. The Kier molecular flexibility index (Phi) is 5.46. The van der Waals surface area contributed by atoms with Crippen molar-refractivity contribution in [3.05, 3.63) is 76.6 Å². The van der Waals surface area contributed by atoms with Crippen molar-refractivity contribution in [3.8, 4) is 0 Å². The van der Waals surface area contributed by atoms with E-state index in [1.807, 2.05) is 0 Å². The van der Waals surface area contributed by atoms with Gasteiger partial charge in [-0.2, -0.15) is 0 Å². The molecule has 2 aromatic carbocycles. The van der Waals surface area contributed by atoms with E-state index in [9.17, 15) is 14.0 Å². The molecule has 0 bridgehead atoms. The number of aryl methyl sites for hydroxylation is 1. The van der Waals surface area contributed by atoms with E-state index in [-0.39, 0.29) is 24.2 Å². The van der Waals surface area contributed by atoms with Crippen molar-refractivity contribution in [2.45, 2.75) is 32.4 Å². The molecule has 0 atom stereocenters. The summed E-state index contributed by atoms with van der Waals surface area (Å²) < 4.78 is 13.5. The van der Waals surface area contributed by atoms with E-state index in [4.69, 9.17) is 0 Å². The summed E-state index contributed by atoms with van der Waals surface area (Å²) in [6.07, 6.45) is 5.20. The van der Waals surface area contributed by atoms with Crippen LogP contribution in [0.3, 0.4) is 0 Å². The number of hydrogen-bond acceptors (Lipinski definition) is 2. The van der Waals surface area contributed by atoms with Crippen LogP contribution in [0.1, 0.15) is 39.9 Å². The van der Waals surface area contributed by atoms with Crippen molar-refractivity contribution < 1.29 is 14.0 Å². The van der Waals surface area contributed by atoms with Crippen LogP contribution in [0, 0.1) is 12.7 Å². The Balaban J connectivity index is 1.50. The van der Waals surface area contributed by atoms with Gasteiger partial charge in [0.2, 0.25) is 5.91 Å². The molecule has 0 saturated heterocycles. The van der Waals surface area contributed by atoms with E-state index in [1.54, 1.807) is 49.4 Å². The first-order valence-corrected chi connectivity index (χ1v) is 8.63. The maximum Gasteiger partial charge on any atom is 0.251 e. The zero-order valence-corrected chi connectivity index (χ0v) is 14.6. The van der Waals surface area contributed by atoms with Crippen molar-refractivity contribution in [3.63, 3.8) is 0 Å². The fraction of sp³-hybridized carbons (Fsp3) is 0.238. The molecular weight excluding hydrogens is 331 g/mol. The van der Waals surface area contributed by atoms with Gasteiger partial charge in [-0.25, -0.2) is 4.39 Å². The average Bonchev–Trinajstić information content (AvgIpc) is 3.45. The van der Waals surface area contributed by atoms with Crippen LogP contribution in [0.4, 0.5) is 4.39 Å². The van der Waals surface area contributed by atoms with Crippen LogP contribution in [-0.4, -0.2) is 17.9 Å². The van der Waals surface area contributed by atoms with Gasteiger partial charge in [-0.1, -0.05) is 24.3 Å². The third kappa shape index (κ3) is 5.02. The van der Waals surface area contributed by atoms with E-state index in [0.29, 0.717) is 22.7 Å². The lowest BCUT2D eigenvalue weighted by Gasteiger charge is -2.05. The summed E-state index contributed by atoms with van der Waals surface area (Å²) in [5, 5.41) is 5.65. The summed E-state index contributed by atoms with van der Waals surface area (Å²) in [6.45, 7) is 1.96. The van der Waals surface area contributed by atoms with E-state index in [2.05, 4.69) is 10.6 Å². The molecule has 0 radical (unpaired) electrons. The van der Waals surface area contributed by atoms with Crippen LogP contribution in [0.5, 0.6) is 0 Å². The van der Waals surface area contributed by atoms with Crippen molar-refractivity contribution >= 4 is 17.9 Å². The molecular formula is C21H21FN2O2. The molecule has 1 aliphatic carbocycles. The normalized spacial score (nSPS) is 13.6. The van der Waals surface area contributed by atoms with Crippen LogP contribution in [0.2, 0.25) is 0 Å². The number of rotatable bonds is 6. The number of benzene rings is 2. The van der Waals surface area contributed by atoms with Crippen LogP contribution in [-0.2, 0) is 11.3 Å². The molecule has 5 heteroatoms. The molecule has 0 aliphatic heterocycles. The first-order valence-electron chi connectivity index (χ1n) is 8.63. The number of carbonyl (C=O) groups is 2. The quantitative estimate of drug-likeness (QED) is 0.783. The molecule has 1 aliphatic rings. The number of halogens is 1. The Morgan fingerprint density at radius 1 is 1.15 bits per heavy atom. The van der Waals surface area contributed by atoms with Gasteiger partial charge in [0.05, 0.1) is 0 Å². The summed E-state index contributed by atoms with van der Waals surface area (Å²) in [4.78, 5) is 23.8. The summed E-state index contributed by atoms with van der Waals surface area (Å²) in [5.41, 5.74) is 2.72. The molecule has 2 amide bonds. The number of nitrogens with one attached hydrogen (secondary N) is 2. The second kappa shape index (κ2) is 7.95. The van der Waals surface area contributed by atoms with Crippen molar-refractivity contribution in [1.82, 2.24) is 10.6 Å². The minimum atomic E-state index is -0.280. The molecule has 2 aromatic rings. The Morgan fingerprint density at radius 3 is 2.54 bits per heavy atom. The van der Waals surface area contributed by atoms with E-state index < -0.39 is 0 Å². The van der Waals surface area contributed by atoms with Crippen LogP contribution < -0.4 is 10.6 Å². The number of hydrogen-bond donors (Lipinski definition) is 2. The van der Waals surface area contributed by atoms with Gasteiger partial charge >= 0.3 is 0 Å². The highest BCUT2D eigenvalue weighted by Crippen LogP contribution is 2.19. The second-order valence-electron chi connectivity index (χ2n) is 6.50. The van der Waals surface area contributed by atoms with E-state index in [0.717, 1.165) is 18.4 Å². The smallest absolute Gasteiger partial charge is 0.251 e. The highest BCUT2D eigenvalue weighted by molar-refractivity contribution is 5.95. The second-order valence-corrected chi connectivity index (χ2v) is 6.50. The molecule has 0 unspecified atom stereocenters. The minimum Gasteiger partial charge on any atom is -0.349 e. The molecule has 1 fully saturated rings. The summed E-state index contributed by atoms with van der Waals surface area (Å²) in [5.74, 6) is -0.606. The summed E-state index contributed by atoms with van der Waals surface area (Å²) in [6, 6.07) is 12.3. The van der Waals surface area contributed by atoms with Gasteiger partial charge in [-0.15, -0.1) is 0 Å². The zero-order chi connectivity index (χ0) is 18.5. The van der Waals surface area contributed by atoms with Crippen LogP contribution in [0.15, 0.2) is 48.5 Å². The van der Waals surface area contributed by atoms with E-state index >= 15 is 0 Å². The van der Waals surface area contributed by atoms with Gasteiger partial charge in [0.1, 0.15) is 5.82 Å². The van der Waals surface area contributed by atoms with Gasteiger partial charge in [0, 0.05) is 24.2 Å². The largest absolute Gasteiger partial charge is 0.349 e. The zero-order valence-electron chi connectivity index (χ0n) is 14.6. The van der Waals surface area contributed by atoms with Crippen molar-refractivity contribution in [2.75, 3.05) is 0 Å². The van der Waals surface area contributed by atoms with Gasteiger partial charge < -0.3 is 10.6 Å². The molecule has 1 saturated carbocycles.